The number of para-hydroxylation sites is 2. The van der Waals surface area contributed by atoms with Crippen LogP contribution in [0.1, 0.15) is 35.1 Å². The van der Waals surface area contributed by atoms with E-state index >= 15 is 0 Å². The third-order valence-electron chi connectivity index (χ3n) is 4.31. The van der Waals surface area contributed by atoms with Crippen LogP contribution in [0.2, 0.25) is 0 Å². The van der Waals surface area contributed by atoms with Gasteiger partial charge in [-0.1, -0.05) is 34.1 Å². The summed E-state index contributed by atoms with van der Waals surface area (Å²) >= 11 is 3.43. The van der Waals surface area contributed by atoms with E-state index in [-0.39, 0.29) is 11.9 Å². The number of benzene rings is 2. The lowest BCUT2D eigenvalue weighted by atomic mass is 10.1. The first-order valence-electron chi connectivity index (χ1n) is 7.73. The second-order valence-corrected chi connectivity index (χ2v) is 6.72. The molecule has 1 fully saturated rings. The third kappa shape index (κ3) is 2.65. The minimum absolute atomic E-state index is 0.0221. The molecule has 1 atom stereocenters. The van der Waals surface area contributed by atoms with Crippen LogP contribution >= 0.6 is 15.9 Å². The molecule has 1 saturated heterocycles. The predicted octanol–water partition coefficient (Wildman–Crippen LogP) is 4.30. The summed E-state index contributed by atoms with van der Waals surface area (Å²) in [6.45, 7) is 0.771. The molecule has 0 unspecified atom stereocenters. The SMILES string of the molecule is O=C(c1cccc(Br)c1)N1CCC[C@@H]1c1nc2ccccc2[nH]1. The zero-order chi connectivity index (χ0) is 15.8. The van der Waals surface area contributed by atoms with Gasteiger partial charge in [0, 0.05) is 16.6 Å². The summed E-state index contributed by atoms with van der Waals surface area (Å²) in [5.74, 6) is 0.946. The summed E-state index contributed by atoms with van der Waals surface area (Å²) in [6.07, 6.45) is 1.95. The third-order valence-corrected chi connectivity index (χ3v) is 4.80. The van der Waals surface area contributed by atoms with Crippen molar-refractivity contribution in [3.8, 4) is 0 Å². The number of H-pyrrole nitrogens is 1. The number of amides is 1. The topological polar surface area (TPSA) is 49.0 Å². The summed E-state index contributed by atoms with van der Waals surface area (Å²) in [7, 11) is 0. The van der Waals surface area contributed by atoms with Crippen LogP contribution in [-0.2, 0) is 0 Å². The molecule has 1 aromatic heterocycles. The van der Waals surface area contributed by atoms with Crippen molar-refractivity contribution in [2.24, 2.45) is 0 Å². The van der Waals surface area contributed by atoms with Gasteiger partial charge in [-0.25, -0.2) is 4.98 Å². The highest BCUT2D eigenvalue weighted by atomic mass is 79.9. The number of nitrogens with one attached hydrogen (secondary N) is 1. The Hall–Kier alpha value is -2.14. The Morgan fingerprint density at radius 1 is 1.22 bits per heavy atom. The Kier molecular flexibility index (Phi) is 3.65. The van der Waals surface area contributed by atoms with E-state index in [1.54, 1.807) is 0 Å². The van der Waals surface area contributed by atoms with E-state index in [0.717, 1.165) is 40.7 Å². The average Bonchev–Trinajstić information content (AvgIpc) is 3.20. The molecular weight excluding hydrogens is 354 g/mol. The number of halogens is 1. The first-order valence-corrected chi connectivity index (χ1v) is 8.53. The van der Waals surface area contributed by atoms with Crippen LogP contribution in [0.15, 0.2) is 53.0 Å². The number of aromatic nitrogens is 2. The smallest absolute Gasteiger partial charge is 0.254 e. The number of likely N-dealkylation sites (tertiary alicyclic amines) is 1. The monoisotopic (exact) mass is 369 g/mol. The molecular formula is C18H16BrN3O. The Morgan fingerprint density at radius 3 is 2.91 bits per heavy atom. The lowest BCUT2D eigenvalue weighted by Crippen LogP contribution is -2.31. The molecule has 0 radical (unpaired) electrons. The number of fused-ring (bicyclic) bond motifs is 1. The van der Waals surface area contributed by atoms with Crippen LogP contribution < -0.4 is 0 Å². The highest BCUT2D eigenvalue weighted by Gasteiger charge is 2.32. The summed E-state index contributed by atoms with van der Waals surface area (Å²) in [5.41, 5.74) is 2.68. The van der Waals surface area contributed by atoms with E-state index in [1.807, 2.05) is 53.4 Å². The summed E-state index contributed by atoms with van der Waals surface area (Å²) in [4.78, 5) is 22.8. The van der Waals surface area contributed by atoms with Gasteiger partial charge in [0.15, 0.2) is 0 Å². The van der Waals surface area contributed by atoms with E-state index in [0.29, 0.717) is 5.56 Å². The molecule has 2 aromatic carbocycles. The normalized spacial score (nSPS) is 17.8. The average molecular weight is 370 g/mol. The molecule has 1 aliphatic rings. The molecule has 0 aliphatic carbocycles. The summed E-state index contributed by atoms with van der Waals surface area (Å²) < 4.78 is 0.919. The number of carbonyl (C=O) groups excluding carboxylic acids is 1. The molecule has 0 saturated carbocycles. The van der Waals surface area contributed by atoms with Gasteiger partial charge in [0.05, 0.1) is 17.1 Å². The Bertz CT molecular complexity index is 840. The van der Waals surface area contributed by atoms with Gasteiger partial charge in [0.2, 0.25) is 0 Å². The molecule has 0 bridgehead atoms. The van der Waals surface area contributed by atoms with Gasteiger partial charge in [-0.2, -0.15) is 0 Å². The lowest BCUT2D eigenvalue weighted by Gasteiger charge is -2.23. The highest BCUT2D eigenvalue weighted by molar-refractivity contribution is 9.10. The zero-order valence-corrected chi connectivity index (χ0v) is 14.1. The van der Waals surface area contributed by atoms with Gasteiger partial charge in [0.25, 0.3) is 5.91 Å². The zero-order valence-electron chi connectivity index (χ0n) is 12.5. The molecule has 1 aliphatic heterocycles. The molecule has 1 N–H and O–H groups in total. The maximum absolute atomic E-state index is 12.9. The number of hydrogen-bond donors (Lipinski definition) is 1. The van der Waals surface area contributed by atoms with E-state index < -0.39 is 0 Å². The molecule has 2 heterocycles. The van der Waals surface area contributed by atoms with Crippen molar-refractivity contribution in [2.45, 2.75) is 18.9 Å². The lowest BCUT2D eigenvalue weighted by molar-refractivity contribution is 0.0730. The van der Waals surface area contributed by atoms with Crippen molar-refractivity contribution in [3.63, 3.8) is 0 Å². The van der Waals surface area contributed by atoms with Crippen molar-refractivity contribution in [1.29, 1.82) is 0 Å². The van der Waals surface area contributed by atoms with Gasteiger partial charge in [-0.05, 0) is 43.2 Å². The first kappa shape index (κ1) is 14.5. The fourth-order valence-electron chi connectivity index (χ4n) is 3.21. The molecule has 0 spiro atoms. The second kappa shape index (κ2) is 5.81. The maximum atomic E-state index is 12.9. The van der Waals surface area contributed by atoms with Crippen molar-refractivity contribution in [2.75, 3.05) is 6.54 Å². The Balaban J connectivity index is 1.67. The number of imidazole rings is 1. The number of rotatable bonds is 2. The van der Waals surface area contributed by atoms with Crippen LogP contribution in [0.25, 0.3) is 11.0 Å². The maximum Gasteiger partial charge on any atom is 0.254 e. The van der Waals surface area contributed by atoms with Crippen LogP contribution in [0.5, 0.6) is 0 Å². The number of carbonyl (C=O) groups is 1. The summed E-state index contributed by atoms with van der Waals surface area (Å²) in [6, 6.07) is 15.5. The molecule has 23 heavy (non-hydrogen) atoms. The van der Waals surface area contributed by atoms with E-state index in [4.69, 9.17) is 0 Å². The number of nitrogens with zero attached hydrogens (tertiary/aromatic N) is 2. The van der Waals surface area contributed by atoms with Gasteiger partial charge in [0.1, 0.15) is 5.82 Å². The van der Waals surface area contributed by atoms with Crippen molar-refractivity contribution < 1.29 is 4.79 Å². The minimum atomic E-state index is 0.0221. The quantitative estimate of drug-likeness (QED) is 0.731. The van der Waals surface area contributed by atoms with Crippen LogP contribution in [0.4, 0.5) is 0 Å². The van der Waals surface area contributed by atoms with E-state index in [9.17, 15) is 4.79 Å². The fraction of sp³-hybridized carbons (Fsp3) is 0.222. The summed E-state index contributed by atoms with van der Waals surface area (Å²) in [5, 5.41) is 0. The molecule has 4 rings (SSSR count). The van der Waals surface area contributed by atoms with Gasteiger partial charge in [-0.3, -0.25) is 4.79 Å². The van der Waals surface area contributed by atoms with Gasteiger partial charge < -0.3 is 9.88 Å². The largest absolute Gasteiger partial charge is 0.340 e. The van der Waals surface area contributed by atoms with E-state index in [2.05, 4.69) is 25.9 Å². The van der Waals surface area contributed by atoms with Crippen molar-refractivity contribution in [1.82, 2.24) is 14.9 Å². The van der Waals surface area contributed by atoms with Crippen molar-refractivity contribution in [3.05, 3.63) is 64.4 Å². The number of aromatic amines is 1. The van der Waals surface area contributed by atoms with Gasteiger partial charge in [-0.15, -0.1) is 0 Å². The molecule has 1 amide bonds. The standard InChI is InChI=1S/C18H16BrN3O/c19-13-6-3-5-12(11-13)18(23)22-10-4-9-16(22)17-20-14-7-1-2-8-15(14)21-17/h1-3,5-8,11,16H,4,9-10H2,(H,20,21)/t16-/m1/s1. The first-order chi connectivity index (χ1) is 11.2. The molecule has 3 aromatic rings. The van der Waals surface area contributed by atoms with E-state index in [1.165, 1.54) is 0 Å². The highest BCUT2D eigenvalue weighted by Crippen LogP contribution is 2.32. The number of hydrogen-bond acceptors (Lipinski definition) is 2. The second-order valence-electron chi connectivity index (χ2n) is 5.81. The molecule has 4 nitrogen and oxygen atoms in total. The van der Waals surface area contributed by atoms with Crippen molar-refractivity contribution >= 4 is 32.9 Å². The Labute approximate surface area is 142 Å². The van der Waals surface area contributed by atoms with Crippen LogP contribution in [-0.4, -0.2) is 27.3 Å². The van der Waals surface area contributed by atoms with Crippen LogP contribution in [0.3, 0.4) is 0 Å². The Morgan fingerprint density at radius 2 is 2.09 bits per heavy atom. The van der Waals surface area contributed by atoms with Crippen LogP contribution in [0, 0.1) is 0 Å². The minimum Gasteiger partial charge on any atom is -0.340 e. The van der Waals surface area contributed by atoms with Gasteiger partial charge >= 0.3 is 0 Å². The molecule has 116 valence electrons. The predicted molar refractivity (Wildman–Crippen MR) is 93.2 cm³/mol. The molecule has 5 heteroatoms. The fourth-order valence-corrected chi connectivity index (χ4v) is 3.61.